The third-order valence-corrected chi connectivity index (χ3v) is 5.20. The highest BCUT2D eigenvalue weighted by atomic mass is 16.5. The summed E-state index contributed by atoms with van der Waals surface area (Å²) >= 11 is 0. The predicted octanol–water partition coefficient (Wildman–Crippen LogP) is 1.94. The van der Waals surface area contributed by atoms with E-state index in [1.165, 1.54) is 12.8 Å². The molecule has 2 N–H and O–H groups in total. The minimum atomic E-state index is -0.290. The molecular weight excluding hydrogens is 330 g/mol. The van der Waals surface area contributed by atoms with Crippen molar-refractivity contribution in [1.82, 2.24) is 10.6 Å². The Bertz CT molecular complexity index is 628. The second-order valence-electron chi connectivity index (χ2n) is 7.10. The molecule has 2 heterocycles. The topological polar surface area (TPSA) is 70.7 Å². The smallest absolute Gasteiger partial charge is 0.227 e. The number of nitrogens with zero attached hydrogens (tertiary/aromatic N) is 1. The quantitative estimate of drug-likeness (QED) is 0.781. The molecule has 1 aromatic rings. The number of carbonyl (C=O) groups excluding carboxylic acids is 2. The first-order chi connectivity index (χ1) is 12.7. The van der Waals surface area contributed by atoms with Gasteiger partial charge in [0.2, 0.25) is 11.8 Å². The Morgan fingerprint density at radius 2 is 2.23 bits per heavy atom. The molecule has 2 amide bonds. The fraction of sp³-hybridized carbons (Fsp3) is 0.600. The van der Waals surface area contributed by atoms with Crippen LogP contribution in [0, 0.1) is 11.8 Å². The van der Waals surface area contributed by atoms with Crippen molar-refractivity contribution in [3.8, 4) is 5.75 Å². The third-order valence-electron chi connectivity index (χ3n) is 5.20. The lowest BCUT2D eigenvalue weighted by atomic mass is 9.96. The number of rotatable bonds is 7. The van der Waals surface area contributed by atoms with E-state index in [2.05, 4.69) is 10.6 Å². The Hall–Kier alpha value is -2.08. The summed E-state index contributed by atoms with van der Waals surface area (Å²) in [6.07, 6.45) is 3.70. The lowest BCUT2D eigenvalue weighted by molar-refractivity contribution is -0.126. The van der Waals surface area contributed by atoms with Gasteiger partial charge in [0.05, 0.1) is 18.2 Å². The summed E-state index contributed by atoms with van der Waals surface area (Å²) in [4.78, 5) is 26.6. The number of hydrogen-bond acceptors (Lipinski definition) is 4. The summed E-state index contributed by atoms with van der Waals surface area (Å²) < 4.78 is 5.63. The number of benzene rings is 1. The van der Waals surface area contributed by atoms with Gasteiger partial charge in [-0.15, -0.1) is 0 Å². The summed E-state index contributed by atoms with van der Waals surface area (Å²) in [5.41, 5.74) is 0.753. The lowest BCUT2D eigenvalue weighted by Crippen LogP contribution is -2.36. The van der Waals surface area contributed by atoms with Crippen LogP contribution in [0.15, 0.2) is 24.3 Å². The van der Waals surface area contributed by atoms with Crippen molar-refractivity contribution < 1.29 is 14.3 Å². The van der Waals surface area contributed by atoms with Crippen LogP contribution in [-0.2, 0) is 9.59 Å². The molecule has 3 rings (SSSR count). The van der Waals surface area contributed by atoms with Crippen LogP contribution in [0.25, 0.3) is 0 Å². The monoisotopic (exact) mass is 359 g/mol. The van der Waals surface area contributed by atoms with Gasteiger partial charge in [-0.3, -0.25) is 9.59 Å². The number of nitrogens with one attached hydrogen (secondary N) is 2. The van der Waals surface area contributed by atoms with Gasteiger partial charge in [0.1, 0.15) is 5.75 Å². The zero-order valence-electron chi connectivity index (χ0n) is 15.5. The highest BCUT2D eigenvalue weighted by Gasteiger charge is 2.36. The predicted molar refractivity (Wildman–Crippen MR) is 101 cm³/mol. The van der Waals surface area contributed by atoms with Crippen molar-refractivity contribution in [1.29, 1.82) is 0 Å². The third kappa shape index (κ3) is 4.55. The molecule has 0 bridgehead atoms. The minimum Gasteiger partial charge on any atom is -0.492 e. The first kappa shape index (κ1) is 18.7. The minimum absolute atomic E-state index is 0.0153. The van der Waals surface area contributed by atoms with Crippen molar-refractivity contribution in [3.05, 3.63) is 24.3 Å². The first-order valence-electron chi connectivity index (χ1n) is 9.69. The van der Waals surface area contributed by atoms with E-state index in [0.717, 1.165) is 25.2 Å². The standard InChI is InChI=1S/C20H29N3O3/c1-2-26-18-8-4-3-7-17(18)23-14-16(12-19(23)24)20(25)22-11-9-15-6-5-10-21-13-15/h3-4,7-8,15-16,21H,2,5-6,9-14H2,1H3,(H,22,25). The molecule has 0 aliphatic carbocycles. The second-order valence-corrected chi connectivity index (χ2v) is 7.10. The maximum Gasteiger partial charge on any atom is 0.227 e. The molecule has 0 spiro atoms. The summed E-state index contributed by atoms with van der Waals surface area (Å²) in [5, 5.41) is 6.42. The summed E-state index contributed by atoms with van der Waals surface area (Å²) in [6.45, 7) is 5.71. The molecule has 2 aliphatic heterocycles. The number of piperidine rings is 1. The van der Waals surface area contributed by atoms with E-state index in [0.29, 0.717) is 31.4 Å². The number of amides is 2. The van der Waals surface area contributed by atoms with E-state index < -0.39 is 0 Å². The molecule has 2 aliphatic rings. The van der Waals surface area contributed by atoms with Crippen molar-refractivity contribution in [2.75, 3.05) is 37.7 Å². The van der Waals surface area contributed by atoms with Crippen LogP contribution in [0.3, 0.4) is 0 Å². The zero-order chi connectivity index (χ0) is 18.4. The van der Waals surface area contributed by atoms with Gasteiger partial charge in [-0.05, 0) is 57.3 Å². The van der Waals surface area contributed by atoms with Crippen LogP contribution in [-0.4, -0.2) is 44.6 Å². The van der Waals surface area contributed by atoms with Gasteiger partial charge in [0.25, 0.3) is 0 Å². The van der Waals surface area contributed by atoms with E-state index >= 15 is 0 Å². The van der Waals surface area contributed by atoms with Crippen molar-refractivity contribution in [2.45, 2.75) is 32.6 Å². The van der Waals surface area contributed by atoms with E-state index in [1.54, 1.807) is 4.90 Å². The molecule has 6 nitrogen and oxygen atoms in total. The van der Waals surface area contributed by atoms with E-state index in [1.807, 2.05) is 31.2 Å². The molecule has 26 heavy (non-hydrogen) atoms. The van der Waals surface area contributed by atoms with Crippen molar-refractivity contribution >= 4 is 17.5 Å². The first-order valence-corrected chi connectivity index (χ1v) is 9.69. The highest BCUT2D eigenvalue weighted by Crippen LogP contribution is 2.33. The van der Waals surface area contributed by atoms with Gasteiger partial charge in [0.15, 0.2) is 0 Å². The average molecular weight is 359 g/mol. The fourth-order valence-corrected chi connectivity index (χ4v) is 3.79. The Morgan fingerprint density at radius 3 is 3.00 bits per heavy atom. The van der Waals surface area contributed by atoms with Crippen molar-refractivity contribution in [2.24, 2.45) is 11.8 Å². The Labute approximate surface area is 155 Å². The van der Waals surface area contributed by atoms with E-state index in [4.69, 9.17) is 4.74 Å². The van der Waals surface area contributed by atoms with Gasteiger partial charge in [-0.25, -0.2) is 0 Å². The molecule has 2 fully saturated rings. The average Bonchev–Trinajstić information content (AvgIpc) is 3.05. The molecule has 0 saturated carbocycles. The Balaban J connectivity index is 1.53. The number of ether oxygens (including phenoxy) is 1. The van der Waals surface area contributed by atoms with Gasteiger partial charge >= 0.3 is 0 Å². The lowest BCUT2D eigenvalue weighted by Gasteiger charge is -2.23. The molecule has 142 valence electrons. The Kier molecular flexibility index (Phi) is 6.50. The molecule has 0 aromatic heterocycles. The van der Waals surface area contributed by atoms with Gasteiger partial charge in [0, 0.05) is 19.5 Å². The number of hydrogen-bond donors (Lipinski definition) is 2. The van der Waals surface area contributed by atoms with Crippen LogP contribution in [0.2, 0.25) is 0 Å². The molecule has 6 heteroatoms. The second kappa shape index (κ2) is 9.03. The van der Waals surface area contributed by atoms with E-state index in [9.17, 15) is 9.59 Å². The van der Waals surface area contributed by atoms with Crippen LogP contribution >= 0.6 is 0 Å². The SMILES string of the molecule is CCOc1ccccc1N1CC(C(=O)NCCC2CCCNC2)CC1=O. The highest BCUT2D eigenvalue weighted by molar-refractivity contribution is 6.01. The van der Waals surface area contributed by atoms with Crippen LogP contribution in [0.1, 0.15) is 32.6 Å². The molecule has 1 aromatic carbocycles. The molecular formula is C20H29N3O3. The fourth-order valence-electron chi connectivity index (χ4n) is 3.79. The van der Waals surface area contributed by atoms with Crippen LogP contribution in [0.5, 0.6) is 5.75 Å². The summed E-state index contributed by atoms with van der Waals surface area (Å²) in [6, 6.07) is 7.51. The number of anilines is 1. The molecule has 0 radical (unpaired) electrons. The van der Waals surface area contributed by atoms with Crippen LogP contribution < -0.4 is 20.3 Å². The maximum atomic E-state index is 12.5. The Morgan fingerprint density at radius 1 is 1.38 bits per heavy atom. The van der Waals surface area contributed by atoms with Gasteiger partial charge in [-0.1, -0.05) is 12.1 Å². The molecule has 2 atom stereocenters. The largest absolute Gasteiger partial charge is 0.492 e. The maximum absolute atomic E-state index is 12.5. The molecule has 2 unspecified atom stereocenters. The zero-order valence-corrected chi connectivity index (χ0v) is 15.5. The summed E-state index contributed by atoms with van der Waals surface area (Å²) in [7, 11) is 0. The summed E-state index contributed by atoms with van der Waals surface area (Å²) in [5.74, 6) is 1.01. The van der Waals surface area contributed by atoms with Crippen LogP contribution in [0.4, 0.5) is 5.69 Å². The number of para-hydroxylation sites is 2. The molecule has 2 saturated heterocycles. The number of carbonyl (C=O) groups is 2. The van der Waals surface area contributed by atoms with E-state index in [-0.39, 0.29) is 24.2 Å². The normalized spacial score (nSPS) is 23.1. The van der Waals surface area contributed by atoms with Gasteiger partial charge in [-0.2, -0.15) is 0 Å². The van der Waals surface area contributed by atoms with Gasteiger partial charge < -0.3 is 20.3 Å². The van der Waals surface area contributed by atoms with Crippen molar-refractivity contribution in [3.63, 3.8) is 0 Å².